The molecule has 0 aromatic carbocycles. The van der Waals surface area contributed by atoms with Crippen molar-refractivity contribution in [3.05, 3.63) is 12.2 Å². The summed E-state index contributed by atoms with van der Waals surface area (Å²) in [4.78, 5) is 10.3. The van der Waals surface area contributed by atoms with Gasteiger partial charge in [0.1, 0.15) is 0 Å². The van der Waals surface area contributed by atoms with Gasteiger partial charge in [0.25, 0.3) is 0 Å². The summed E-state index contributed by atoms with van der Waals surface area (Å²) in [6, 6.07) is 0. The van der Waals surface area contributed by atoms with Gasteiger partial charge in [0.2, 0.25) is 0 Å². The maximum absolute atomic E-state index is 13.6. The van der Waals surface area contributed by atoms with Gasteiger partial charge in [-0.15, -0.1) is 0 Å². The molecule has 0 aliphatic carbocycles. The minimum Gasteiger partial charge on any atom is -0.478 e. The van der Waals surface area contributed by atoms with Gasteiger partial charge in [0.05, 0.1) is 0 Å². The van der Waals surface area contributed by atoms with Crippen LogP contribution >= 0.6 is 0 Å². The standard InChI is InChI=1S/C15H7F21O2/c1-4(5(37)38)2-3-6(16,17)7(18,19)8(20,21)9(22,23)10(24,25)11(26,27)12(28,29)13(30,31)14(32,33)15(34,35)36/h1-3H2,(H,37,38). The zero-order valence-corrected chi connectivity index (χ0v) is 16.9. The summed E-state index contributed by atoms with van der Waals surface area (Å²) in [7, 11) is 0. The van der Waals surface area contributed by atoms with Crippen LogP contribution in [-0.2, 0) is 4.79 Å². The number of hydrogen-bond donors (Lipinski definition) is 1. The first-order valence-electron chi connectivity index (χ1n) is 8.46. The Balaban J connectivity index is 6.92. The van der Waals surface area contributed by atoms with Crippen molar-refractivity contribution in [1.82, 2.24) is 0 Å². The molecule has 23 heteroatoms. The van der Waals surface area contributed by atoms with Crippen molar-refractivity contribution in [2.75, 3.05) is 0 Å². The van der Waals surface area contributed by atoms with E-state index in [2.05, 4.69) is 6.58 Å². The average molecular weight is 618 g/mol. The van der Waals surface area contributed by atoms with Gasteiger partial charge in [0, 0.05) is 12.0 Å². The molecule has 0 rings (SSSR count). The Kier molecular flexibility index (Phi) is 8.61. The zero-order chi connectivity index (χ0) is 31.6. The van der Waals surface area contributed by atoms with E-state index in [1.165, 1.54) is 0 Å². The first-order chi connectivity index (χ1) is 16.1. The molecule has 226 valence electrons. The first kappa shape index (κ1) is 35.7. The third-order valence-corrected chi connectivity index (χ3v) is 4.62. The van der Waals surface area contributed by atoms with Crippen LogP contribution in [-0.4, -0.2) is 70.6 Å². The van der Waals surface area contributed by atoms with Crippen LogP contribution in [0.2, 0.25) is 0 Å². The number of carboxylic acid groups (broad SMARTS) is 1. The highest BCUT2D eigenvalue weighted by molar-refractivity contribution is 5.85. The van der Waals surface area contributed by atoms with E-state index in [0.29, 0.717) is 0 Å². The second-order valence-electron chi connectivity index (χ2n) is 7.21. The maximum atomic E-state index is 13.6. The molecule has 0 unspecified atom stereocenters. The van der Waals surface area contributed by atoms with E-state index >= 15 is 0 Å². The van der Waals surface area contributed by atoms with Crippen LogP contribution in [0.25, 0.3) is 0 Å². The van der Waals surface area contributed by atoms with Gasteiger partial charge in [0.15, 0.2) is 0 Å². The molecule has 2 nitrogen and oxygen atoms in total. The predicted octanol–water partition coefficient (Wildman–Crippen LogP) is 7.69. The third kappa shape index (κ3) is 4.59. The van der Waals surface area contributed by atoms with Crippen LogP contribution < -0.4 is 0 Å². The van der Waals surface area contributed by atoms with Crippen LogP contribution in [0.5, 0.6) is 0 Å². The number of rotatable bonds is 12. The quantitative estimate of drug-likeness (QED) is 0.180. The lowest BCUT2D eigenvalue weighted by atomic mass is 9.85. The average Bonchev–Trinajstić information content (AvgIpc) is 2.69. The molecule has 0 fully saturated rings. The Morgan fingerprint density at radius 2 is 0.711 bits per heavy atom. The van der Waals surface area contributed by atoms with Gasteiger partial charge in [-0.2, -0.15) is 92.2 Å². The van der Waals surface area contributed by atoms with Crippen LogP contribution in [0, 0.1) is 0 Å². The van der Waals surface area contributed by atoms with Crippen molar-refractivity contribution < 1.29 is 102 Å². The summed E-state index contributed by atoms with van der Waals surface area (Å²) in [6.07, 6.45) is -13.1. The fourth-order valence-corrected chi connectivity index (χ4v) is 2.16. The number of aliphatic carboxylic acids is 1. The van der Waals surface area contributed by atoms with Crippen LogP contribution in [0.4, 0.5) is 92.2 Å². The summed E-state index contributed by atoms with van der Waals surface area (Å²) in [5.41, 5.74) is -1.56. The van der Waals surface area contributed by atoms with Gasteiger partial charge in [-0.1, -0.05) is 6.58 Å². The normalized spacial score (nSPS) is 16.0. The molecule has 0 bridgehead atoms. The monoisotopic (exact) mass is 618 g/mol. The van der Waals surface area contributed by atoms with Crippen LogP contribution in [0.1, 0.15) is 12.8 Å². The van der Waals surface area contributed by atoms with Crippen LogP contribution in [0.3, 0.4) is 0 Å². The summed E-state index contributed by atoms with van der Waals surface area (Å²) in [5.74, 6) is -79.9. The maximum Gasteiger partial charge on any atom is 0.460 e. The summed E-state index contributed by atoms with van der Waals surface area (Å²) >= 11 is 0. The highest BCUT2D eigenvalue weighted by Crippen LogP contribution is 2.66. The van der Waals surface area contributed by atoms with Crippen molar-refractivity contribution in [1.29, 1.82) is 0 Å². The summed E-state index contributed by atoms with van der Waals surface area (Å²) < 4.78 is 276. The van der Waals surface area contributed by atoms with E-state index in [0.717, 1.165) is 0 Å². The fourth-order valence-electron chi connectivity index (χ4n) is 2.16. The molecular weight excluding hydrogens is 611 g/mol. The largest absolute Gasteiger partial charge is 0.478 e. The molecule has 0 saturated heterocycles. The number of carboxylic acids is 1. The highest BCUT2D eigenvalue weighted by Gasteiger charge is 2.97. The molecule has 0 heterocycles. The molecule has 0 aliphatic heterocycles. The lowest BCUT2D eigenvalue weighted by Gasteiger charge is -2.44. The Morgan fingerprint density at radius 1 is 0.474 bits per heavy atom. The molecule has 1 N–H and O–H groups in total. The van der Waals surface area contributed by atoms with Crippen molar-refractivity contribution in [2.24, 2.45) is 0 Å². The van der Waals surface area contributed by atoms with Crippen molar-refractivity contribution in [3.8, 4) is 0 Å². The number of carbonyl (C=O) groups is 1. The van der Waals surface area contributed by atoms with Crippen molar-refractivity contribution in [3.63, 3.8) is 0 Å². The molecule has 0 radical (unpaired) electrons. The van der Waals surface area contributed by atoms with E-state index < -0.39 is 83.9 Å². The number of alkyl halides is 21. The molecule has 0 aliphatic rings. The van der Waals surface area contributed by atoms with E-state index in [9.17, 15) is 97.0 Å². The summed E-state index contributed by atoms with van der Waals surface area (Å²) in [6.45, 7) is 2.38. The van der Waals surface area contributed by atoms with Crippen molar-refractivity contribution >= 4 is 5.97 Å². The Morgan fingerprint density at radius 3 is 0.947 bits per heavy atom. The lowest BCUT2D eigenvalue weighted by Crippen LogP contribution is -2.76. The van der Waals surface area contributed by atoms with Gasteiger partial charge in [-0.3, -0.25) is 0 Å². The molecule has 0 spiro atoms. The molecule has 0 aromatic rings. The number of hydrogen-bond acceptors (Lipinski definition) is 1. The Bertz CT molecular complexity index is 912. The smallest absolute Gasteiger partial charge is 0.460 e. The molecule has 0 amide bonds. The second kappa shape index (κ2) is 9.15. The third-order valence-electron chi connectivity index (χ3n) is 4.62. The van der Waals surface area contributed by atoms with Crippen molar-refractivity contribution in [2.45, 2.75) is 72.3 Å². The topological polar surface area (TPSA) is 37.3 Å². The predicted molar refractivity (Wildman–Crippen MR) is 76.6 cm³/mol. The fraction of sp³-hybridized carbons (Fsp3) is 0.800. The lowest BCUT2D eigenvalue weighted by molar-refractivity contribution is -0.474. The van der Waals surface area contributed by atoms with E-state index in [1.807, 2.05) is 0 Å². The van der Waals surface area contributed by atoms with E-state index in [4.69, 9.17) is 5.11 Å². The zero-order valence-electron chi connectivity index (χ0n) is 16.9. The SMILES string of the molecule is C=C(CCC(F)(F)C(F)(F)C(F)(F)C(F)(F)C(F)(F)C(F)(F)C(F)(F)C(F)(F)C(F)(F)C(F)(F)F)C(=O)O. The van der Waals surface area contributed by atoms with Gasteiger partial charge < -0.3 is 5.11 Å². The highest BCUT2D eigenvalue weighted by atomic mass is 19.4. The summed E-state index contributed by atoms with van der Waals surface area (Å²) in [5, 5.41) is 8.28. The van der Waals surface area contributed by atoms with E-state index in [1.54, 1.807) is 0 Å². The van der Waals surface area contributed by atoms with Crippen LogP contribution in [0.15, 0.2) is 12.2 Å². The minimum atomic E-state index is -9.23. The molecular formula is C15H7F21O2. The first-order valence-corrected chi connectivity index (χ1v) is 8.46. The molecule has 0 atom stereocenters. The molecule has 0 aromatic heterocycles. The van der Waals surface area contributed by atoms with E-state index in [-0.39, 0.29) is 0 Å². The molecule has 0 saturated carbocycles. The van der Waals surface area contributed by atoms with Gasteiger partial charge in [-0.25, -0.2) is 4.79 Å². The number of halogens is 21. The second-order valence-corrected chi connectivity index (χ2v) is 7.21. The van der Waals surface area contributed by atoms with Gasteiger partial charge >= 0.3 is 65.4 Å². The molecule has 38 heavy (non-hydrogen) atoms. The minimum absolute atomic E-state index is 1.56. The Labute approximate surface area is 194 Å². The van der Waals surface area contributed by atoms with Gasteiger partial charge in [-0.05, 0) is 6.42 Å². The Hall–Kier alpha value is -2.26.